The molecular weight excluding hydrogens is 425 g/mol. The van der Waals surface area contributed by atoms with Gasteiger partial charge in [0, 0.05) is 26.2 Å². The van der Waals surface area contributed by atoms with Crippen molar-refractivity contribution in [1.29, 1.82) is 0 Å². The Labute approximate surface area is 191 Å². The summed E-state index contributed by atoms with van der Waals surface area (Å²) in [6.07, 6.45) is 0. The van der Waals surface area contributed by atoms with E-state index in [0.717, 1.165) is 5.56 Å². The highest BCUT2D eigenvalue weighted by Gasteiger charge is 2.15. The number of para-hydroxylation sites is 2. The minimum Gasteiger partial charge on any atom is -0.483 e. The van der Waals surface area contributed by atoms with Gasteiger partial charge in [0.2, 0.25) is 5.91 Å². The van der Waals surface area contributed by atoms with E-state index in [0.29, 0.717) is 12.2 Å². The van der Waals surface area contributed by atoms with E-state index in [1.54, 1.807) is 60.5 Å². The number of benzene rings is 3. The molecule has 0 radical (unpaired) electrons. The minimum atomic E-state index is -0.558. The number of hydrogen-bond donors (Lipinski definition) is 2. The maximum absolute atomic E-state index is 13.7. The van der Waals surface area contributed by atoms with E-state index in [-0.39, 0.29) is 22.9 Å². The van der Waals surface area contributed by atoms with Crippen molar-refractivity contribution in [2.24, 2.45) is 0 Å². The molecule has 170 valence electrons. The van der Waals surface area contributed by atoms with Gasteiger partial charge in [-0.25, -0.2) is 4.39 Å². The zero-order valence-corrected chi connectivity index (χ0v) is 18.3. The van der Waals surface area contributed by atoms with Crippen molar-refractivity contribution in [3.63, 3.8) is 0 Å². The first-order valence-electron chi connectivity index (χ1n) is 10.2. The summed E-state index contributed by atoms with van der Waals surface area (Å²) in [5, 5.41) is 5.24. The number of rotatable bonds is 8. The highest BCUT2D eigenvalue weighted by Crippen LogP contribution is 2.21. The fraction of sp³-hybridized carbons (Fsp3) is 0.160. The summed E-state index contributed by atoms with van der Waals surface area (Å²) in [5.74, 6) is -1.38. The highest BCUT2D eigenvalue weighted by molar-refractivity contribution is 6.06. The molecule has 3 aromatic rings. The molecule has 3 aromatic carbocycles. The standard InChI is InChI=1S/C25H24FN3O4/c1-17(30)29(2)15-18-8-7-9-19(14-18)27-25(32)20-10-3-6-13-23(20)33-16-24(31)28-22-12-5-4-11-21(22)26/h3-14H,15-16H2,1-2H3,(H,27,32)(H,28,31). The lowest BCUT2D eigenvalue weighted by atomic mass is 10.1. The van der Waals surface area contributed by atoms with Gasteiger partial charge < -0.3 is 20.3 Å². The lowest BCUT2D eigenvalue weighted by Crippen LogP contribution is -2.23. The van der Waals surface area contributed by atoms with Crippen LogP contribution in [0, 0.1) is 5.82 Å². The normalized spacial score (nSPS) is 10.3. The third kappa shape index (κ3) is 6.64. The minimum absolute atomic E-state index is 0.0485. The van der Waals surface area contributed by atoms with Gasteiger partial charge in [0.1, 0.15) is 11.6 Å². The van der Waals surface area contributed by atoms with Crippen LogP contribution < -0.4 is 15.4 Å². The van der Waals surface area contributed by atoms with E-state index in [1.165, 1.54) is 25.1 Å². The van der Waals surface area contributed by atoms with Gasteiger partial charge in [0.15, 0.2) is 6.61 Å². The molecule has 3 amide bonds. The van der Waals surface area contributed by atoms with Crippen LogP contribution in [0.5, 0.6) is 5.75 Å². The number of hydrogen-bond acceptors (Lipinski definition) is 4. The Morgan fingerprint density at radius 3 is 2.42 bits per heavy atom. The van der Waals surface area contributed by atoms with Gasteiger partial charge in [-0.3, -0.25) is 14.4 Å². The number of nitrogens with zero attached hydrogens (tertiary/aromatic N) is 1. The summed E-state index contributed by atoms with van der Waals surface area (Å²) in [6.45, 7) is 1.50. The molecule has 0 aliphatic rings. The van der Waals surface area contributed by atoms with Crippen LogP contribution >= 0.6 is 0 Å². The molecule has 0 saturated carbocycles. The summed E-state index contributed by atoms with van der Waals surface area (Å²) in [7, 11) is 1.70. The van der Waals surface area contributed by atoms with E-state index in [9.17, 15) is 18.8 Å². The molecule has 0 unspecified atom stereocenters. The number of nitrogens with one attached hydrogen (secondary N) is 2. The van der Waals surface area contributed by atoms with Crippen LogP contribution in [0.1, 0.15) is 22.8 Å². The van der Waals surface area contributed by atoms with Crippen molar-refractivity contribution in [2.45, 2.75) is 13.5 Å². The molecule has 0 aliphatic heterocycles. The zero-order valence-electron chi connectivity index (χ0n) is 18.3. The Morgan fingerprint density at radius 2 is 1.67 bits per heavy atom. The quantitative estimate of drug-likeness (QED) is 0.543. The SMILES string of the molecule is CC(=O)N(C)Cc1cccc(NC(=O)c2ccccc2OCC(=O)Nc2ccccc2F)c1. The third-order valence-electron chi connectivity index (χ3n) is 4.78. The van der Waals surface area contributed by atoms with E-state index < -0.39 is 24.2 Å². The largest absolute Gasteiger partial charge is 0.483 e. The fourth-order valence-corrected chi connectivity index (χ4v) is 3.00. The van der Waals surface area contributed by atoms with Crippen LogP contribution in [-0.4, -0.2) is 36.3 Å². The van der Waals surface area contributed by atoms with E-state index in [1.807, 2.05) is 6.07 Å². The molecule has 0 aromatic heterocycles. The van der Waals surface area contributed by atoms with Crippen LogP contribution in [-0.2, 0) is 16.1 Å². The van der Waals surface area contributed by atoms with Crippen molar-refractivity contribution < 1.29 is 23.5 Å². The second-order valence-electron chi connectivity index (χ2n) is 7.34. The summed E-state index contributed by atoms with van der Waals surface area (Å²) < 4.78 is 19.2. The maximum atomic E-state index is 13.7. The fourth-order valence-electron chi connectivity index (χ4n) is 3.00. The van der Waals surface area contributed by atoms with Crippen molar-refractivity contribution >= 4 is 29.1 Å². The Kier molecular flexibility index (Phi) is 7.75. The molecule has 0 fully saturated rings. The molecule has 8 heteroatoms. The first kappa shape index (κ1) is 23.5. The average Bonchev–Trinajstić information content (AvgIpc) is 2.79. The van der Waals surface area contributed by atoms with Gasteiger partial charge in [-0.05, 0) is 42.0 Å². The van der Waals surface area contributed by atoms with Gasteiger partial charge in [0.05, 0.1) is 11.3 Å². The van der Waals surface area contributed by atoms with Crippen molar-refractivity contribution in [2.75, 3.05) is 24.3 Å². The second kappa shape index (κ2) is 10.9. The Bertz CT molecular complexity index is 1170. The molecule has 0 spiro atoms. The number of halogens is 1. The van der Waals surface area contributed by atoms with Crippen molar-refractivity contribution in [1.82, 2.24) is 4.90 Å². The van der Waals surface area contributed by atoms with Gasteiger partial charge in [-0.1, -0.05) is 36.4 Å². The number of anilines is 2. The van der Waals surface area contributed by atoms with Crippen molar-refractivity contribution in [3.05, 3.63) is 89.7 Å². The van der Waals surface area contributed by atoms with Gasteiger partial charge in [0.25, 0.3) is 11.8 Å². The summed E-state index contributed by atoms with van der Waals surface area (Å²) in [4.78, 5) is 38.0. The molecule has 0 saturated heterocycles. The molecule has 0 aliphatic carbocycles. The average molecular weight is 449 g/mol. The molecule has 2 N–H and O–H groups in total. The molecule has 7 nitrogen and oxygen atoms in total. The zero-order chi connectivity index (χ0) is 23.8. The summed E-state index contributed by atoms with van der Waals surface area (Å²) in [6, 6.07) is 19.5. The molecular formula is C25H24FN3O4. The molecule has 3 rings (SSSR count). The van der Waals surface area contributed by atoms with Crippen LogP contribution in [0.3, 0.4) is 0 Å². The number of carbonyl (C=O) groups excluding carboxylic acids is 3. The summed E-state index contributed by atoms with van der Waals surface area (Å²) >= 11 is 0. The van der Waals surface area contributed by atoms with Crippen LogP contribution in [0.2, 0.25) is 0 Å². The van der Waals surface area contributed by atoms with Crippen LogP contribution in [0.25, 0.3) is 0 Å². The highest BCUT2D eigenvalue weighted by atomic mass is 19.1. The first-order valence-corrected chi connectivity index (χ1v) is 10.2. The van der Waals surface area contributed by atoms with E-state index in [2.05, 4.69) is 10.6 Å². The number of amides is 3. The third-order valence-corrected chi connectivity index (χ3v) is 4.78. The van der Waals surface area contributed by atoms with Gasteiger partial charge in [-0.15, -0.1) is 0 Å². The van der Waals surface area contributed by atoms with Crippen LogP contribution in [0.4, 0.5) is 15.8 Å². The molecule has 0 bridgehead atoms. The van der Waals surface area contributed by atoms with Crippen LogP contribution in [0.15, 0.2) is 72.8 Å². The van der Waals surface area contributed by atoms with Gasteiger partial charge >= 0.3 is 0 Å². The number of ether oxygens (including phenoxy) is 1. The Balaban J connectivity index is 1.65. The first-order chi connectivity index (χ1) is 15.8. The van der Waals surface area contributed by atoms with Gasteiger partial charge in [-0.2, -0.15) is 0 Å². The second-order valence-corrected chi connectivity index (χ2v) is 7.34. The predicted octanol–water partition coefficient (Wildman–Crippen LogP) is 4.07. The lowest BCUT2D eigenvalue weighted by Gasteiger charge is -2.16. The molecule has 0 atom stereocenters. The number of carbonyl (C=O) groups is 3. The van der Waals surface area contributed by atoms with E-state index >= 15 is 0 Å². The maximum Gasteiger partial charge on any atom is 0.262 e. The topological polar surface area (TPSA) is 87.7 Å². The Hall–Kier alpha value is -4.20. The lowest BCUT2D eigenvalue weighted by molar-refractivity contribution is -0.128. The predicted molar refractivity (Wildman–Crippen MR) is 124 cm³/mol. The molecule has 33 heavy (non-hydrogen) atoms. The van der Waals surface area contributed by atoms with E-state index in [4.69, 9.17) is 4.74 Å². The Morgan fingerprint density at radius 1 is 0.939 bits per heavy atom. The summed E-state index contributed by atoms with van der Waals surface area (Å²) in [5.41, 5.74) is 1.70. The smallest absolute Gasteiger partial charge is 0.262 e. The molecule has 0 heterocycles. The monoisotopic (exact) mass is 449 g/mol. The van der Waals surface area contributed by atoms with Crippen molar-refractivity contribution in [3.8, 4) is 5.75 Å².